The minimum Gasteiger partial charge on any atom is -0.259 e. The lowest BCUT2D eigenvalue weighted by atomic mass is 10.1. The van der Waals surface area contributed by atoms with Crippen molar-refractivity contribution in [2.75, 3.05) is 11.5 Å². The Balaban J connectivity index is 3.06. The lowest BCUT2D eigenvalue weighted by molar-refractivity contribution is 0.622. The van der Waals surface area contributed by atoms with Gasteiger partial charge in [0.05, 0.1) is 0 Å². The summed E-state index contributed by atoms with van der Waals surface area (Å²) < 4.78 is 11.2. The van der Waals surface area contributed by atoms with Gasteiger partial charge in [0.1, 0.15) is 0 Å². The van der Waals surface area contributed by atoms with Gasteiger partial charge >= 0.3 is 0 Å². The Hall–Kier alpha value is -0.110. The Morgan fingerprint density at radius 2 is 1.77 bits per heavy atom. The van der Waals surface area contributed by atoms with Gasteiger partial charge < -0.3 is 0 Å². The Kier molecular flexibility index (Phi) is 9.89. The standard InChI is InChI=1S/C11H22OS/c1-3-5-6-7-8-9-11-13(12)10-4-2/h4H,2-3,5-11H2,1H3. The van der Waals surface area contributed by atoms with Crippen LogP contribution < -0.4 is 0 Å². The highest BCUT2D eigenvalue weighted by atomic mass is 32.2. The zero-order valence-electron chi connectivity index (χ0n) is 8.76. The Labute approximate surface area is 85.1 Å². The maximum Gasteiger partial charge on any atom is 0.0412 e. The number of hydrogen-bond acceptors (Lipinski definition) is 1. The van der Waals surface area contributed by atoms with Crippen LogP contribution in [0, 0.1) is 0 Å². The fraction of sp³-hybridized carbons (Fsp3) is 0.818. The van der Waals surface area contributed by atoms with Crippen LogP contribution in [0.1, 0.15) is 45.4 Å². The molecule has 1 unspecified atom stereocenters. The smallest absolute Gasteiger partial charge is 0.0412 e. The third-order valence-corrected chi connectivity index (χ3v) is 3.38. The first-order valence-corrected chi connectivity index (χ1v) is 6.76. The van der Waals surface area contributed by atoms with Crippen molar-refractivity contribution in [3.63, 3.8) is 0 Å². The Bertz CT molecular complexity index is 143. The molecule has 0 aromatic heterocycles. The van der Waals surface area contributed by atoms with E-state index in [-0.39, 0.29) is 0 Å². The molecule has 0 amide bonds. The van der Waals surface area contributed by atoms with Crippen LogP contribution >= 0.6 is 0 Å². The fourth-order valence-corrected chi connectivity index (χ4v) is 2.21. The van der Waals surface area contributed by atoms with Gasteiger partial charge in [-0.25, -0.2) is 0 Å². The third kappa shape index (κ3) is 9.81. The molecule has 2 heteroatoms. The van der Waals surface area contributed by atoms with Gasteiger partial charge in [-0.2, -0.15) is 0 Å². The lowest BCUT2D eigenvalue weighted by Crippen LogP contribution is -1.99. The van der Waals surface area contributed by atoms with Crippen molar-refractivity contribution >= 4 is 10.8 Å². The second-order valence-corrected chi connectivity index (χ2v) is 4.99. The van der Waals surface area contributed by atoms with Gasteiger partial charge in [0.25, 0.3) is 0 Å². The van der Waals surface area contributed by atoms with Crippen LogP contribution in [0.5, 0.6) is 0 Å². The molecule has 0 rings (SSSR count). The molecule has 0 fully saturated rings. The van der Waals surface area contributed by atoms with Crippen LogP contribution in [0.25, 0.3) is 0 Å². The van der Waals surface area contributed by atoms with Crippen molar-refractivity contribution in [1.29, 1.82) is 0 Å². The summed E-state index contributed by atoms with van der Waals surface area (Å²) in [6, 6.07) is 0. The molecule has 1 nitrogen and oxygen atoms in total. The van der Waals surface area contributed by atoms with E-state index >= 15 is 0 Å². The van der Waals surface area contributed by atoms with E-state index in [9.17, 15) is 4.21 Å². The molecule has 0 N–H and O–H groups in total. The summed E-state index contributed by atoms with van der Waals surface area (Å²) in [5, 5.41) is 0. The van der Waals surface area contributed by atoms with Crippen molar-refractivity contribution in [3.05, 3.63) is 12.7 Å². The first kappa shape index (κ1) is 12.9. The predicted octanol–water partition coefficient (Wildman–Crippen LogP) is 3.28. The van der Waals surface area contributed by atoms with E-state index < -0.39 is 10.8 Å². The predicted molar refractivity (Wildman–Crippen MR) is 61.4 cm³/mol. The molecule has 0 aliphatic carbocycles. The Morgan fingerprint density at radius 1 is 1.15 bits per heavy atom. The first-order valence-electron chi connectivity index (χ1n) is 5.27. The molecular weight excluding hydrogens is 180 g/mol. The highest BCUT2D eigenvalue weighted by Gasteiger charge is 1.96. The largest absolute Gasteiger partial charge is 0.259 e. The number of rotatable bonds is 9. The van der Waals surface area contributed by atoms with Crippen molar-refractivity contribution in [1.82, 2.24) is 0 Å². The van der Waals surface area contributed by atoms with Gasteiger partial charge in [0.15, 0.2) is 0 Å². The van der Waals surface area contributed by atoms with E-state index in [1.165, 1.54) is 32.1 Å². The topological polar surface area (TPSA) is 17.1 Å². The molecule has 0 aromatic carbocycles. The van der Waals surface area contributed by atoms with E-state index in [0.717, 1.165) is 12.2 Å². The summed E-state index contributed by atoms with van der Waals surface area (Å²) in [6.45, 7) is 5.80. The van der Waals surface area contributed by atoms with Crippen LogP contribution in [0.15, 0.2) is 12.7 Å². The normalized spacial score (nSPS) is 12.7. The zero-order chi connectivity index (χ0) is 9.94. The second kappa shape index (κ2) is 9.97. The summed E-state index contributed by atoms with van der Waals surface area (Å²) in [6.07, 6.45) is 9.38. The minimum atomic E-state index is -0.645. The zero-order valence-corrected chi connectivity index (χ0v) is 9.57. The fourth-order valence-electron chi connectivity index (χ4n) is 1.26. The minimum absolute atomic E-state index is 0.645. The molecule has 0 aliphatic heterocycles. The second-order valence-electron chi connectivity index (χ2n) is 3.37. The molecule has 78 valence electrons. The molecule has 1 atom stereocenters. The van der Waals surface area contributed by atoms with E-state index in [2.05, 4.69) is 13.5 Å². The van der Waals surface area contributed by atoms with E-state index in [4.69, 9.17) is 0 Å². The molecular formula is C11H22OS. The van der Waals surface area contributed by atoms with Crippen LogP contribution in [0.2, 0.25) is 0 Å². The molecule has 0 bridgehead atoms. The highest BCUT2D eigenvalue weighted by molar-refractivity contribution is 7.85. The summed E-state index contributed by atoms with van der Waals surface area (Å²) >= 11 is 0. The molecule has 0 spiro atoms. The average molecular weight is 202 g/mol. The maximum atomic E-state index is 11.2. The van der Waals surface area contributed by atoms with E-state index in [0.29, 0.717) is 5.75 Å². The van der Waals surface area contributed by atoms with E-state index in [1.807, 2.05) is 0 Å². The van der Waals surface area contributed by atoms with E-state index in [1.54, 1.807) is 6.08 Å². The van der Waals surface area contributed by atoms with Crippen LogP contribution in [-0.4, -0.2) is 15.7 Å². The summed E-state index contributed by atoms with van der Waals surface area (Å²) in [4.78, 5) is 0. The number of unbranched alkanes of at least 4 members (excludes halogenated alkanes) is 5. The SMILES string of the molecule is C=CCS(=O)CCCCCCCC. The van der Waals surface area contributed by atoms with Crippen LogP contribution in [0.4, 0.5) is 0 Å². The molecule has 0 aliphatic rings. The molecule has 0 radical (unpaired) electrons. The Morgan fingerprint density at radius 3 is 2.38 bits per heavy atom. The lowest BCUT2D eigenvalue weighted by Gasteiger charge is -1.99. The molecule has 0 heterocycles. The first-order chi connectivity index (χ1) is 6.31. The molecule has 0 aromatic rings. The van der Waals surface area contributed by atoms with Crippen LogP contribution in [0.3, 0.4) is 0 Å². The molecule has 13 heavy (non-hydrogen) atoms. The maximum absolute atomic E-state index is 11.2. The van der Waals surface area contributed by atoms with Crippen molar-refractivity contribution in [3.8, 4) is 0 Å². The van der Waals surface area contributed by atoms with Gasteiger partial charge in [-0.3, -0.25) is 4.21 Å². The quantitative estimate of drug-likeness (QED) is 0.414. The molecule has 0 saturated carbocycles. The summed E-state index contributed by atoms with van der Waals surface area (Å²) in [5.41, 5.74) is 0. The summed E-state index contributed by atoms with van der Waals surface area (Å²) in [7, 11) is -0.645. The van der Waals surface area contributed by atoms with Gasteiger partial charge in [-0.1, -0.05) is 45.1 Å². The van der Waals surface area contributed by atoms with Gasteiger partial charge in [0.2, 0.25) is 0 Å². The van der Waals surface area contributed by atoms with Gasteiger partial charge in [0, 0.05) is 22.3 Å². The average Bonchev–Trinajstić information content (AvgIpc) is 2.11. The van der Waals surface area contributed by atoms with Gasteiger partial charge in [-0.05, 0) is 6.42 Å². The molecule has 0 saturated heterocycles. The van der Waals surface area contributed by atoms with Gasteiger partial charge in [-0.15, -0.1) is 6.58 Å². The monoisotopic (exact) mass is 202 g/mol. The third-order valence-electron chi connectivity index (χ3n) is 2.03. The van der Waals surface area contributed by atoms with Crippen molar-refractivity contribution < 1.29 is 4.21 Å². The van der Waals surface area contributed by atoms with Crippen LogP contribution in [-0.2, 0) is 10.8 Å². The summed E-state index contributed by atoms with van der Waals surface area (Å²) in [5.74, 6) is 1.52. The number of hydrogen-bond donors (Lipinski definition) is 0. The van der Waals surface area contributed by atoms with Crippen molar-refractivity contribution in [2.24, 2.45) is 0 Å². The van der Waals surface area contributed by atoms with Crippen molar-refractivity contribution in [2.45, 2.75) is 45.4 Å². The highest BCUT2D eigenvalue weighted by Crippen LogP contribution is 2.05.